The number of hydrogen-bond donors (Lipinski definition) is 1. The number of rotatable bonds is 8. The summed E-state index contributed by atoms with van der Waals surface area (Å²) < 4.78 is 10.9. The van der Waals surface area contributed by atoms with E-state index in [-0.39, 0.29) is 0 Å². The molecule has 28 heavy (non-hydrogen) atoms. The lowest BCUT2D eigenvalue weighted by Gasteiger charge is -2.27. The van der Waals surface area contributed by atoms with Crippen molar-refractivity contribution in [1.82, 2.24) is 4.90 Å². The van der Waals surface area contributed by atoms with Crippen molar-refractivity contribution in [3.63, 3.8) is 0 Å². The average Bonchev–Trinajstić information content (AvgIpc) is 2.87. The SMILES string of the molecule is COc1cc2c(cc1OC)CCC(O)(CCCN(C)Cc1ccccc1)CC2. The molecule has 3 rings (SSSR count). The van der Waals surface area contributed by atoms with Crippen LogP contribution in [0.5, 0.6) is 11.5 Å². The Kier molecular flexibility index (Phi) is 6.97. The van der Waals surface area contributed by atoms with E-state index in [1.165, 1.54) is 16.7 Å². The van der Waals surface area contributed by atoms with Crippen LogP contribution in [0.3, 0.4) is 0 Å². The molecule has 2 aromatic carbocycles. The van der Waals surface area contributed by atoms with E-state index < -0.39 is 5.60 Å². The third kappa shape index (κ3) is 5.27. The van der Waals surface area contributed by atoms with Gasteiger partial charge in [0.25, 0.3) is 0 Å². The maximum atomic E-state index is 11.2. The van der Waals surface area contributed by atoms with Crippen molar-refractivity contribution in [1.29, 1.82) is 0 Å². The molecule has 2 aromatic rings. The number of aliphatic hydroxyl groups is 1. The van der Waals surface area contributed by atoms with Crippen LogP contribution < -0.4 is 9.47 Å². The van der Waals surface area contributed by atoms with Gasteiger partial charge in [-0.3, -0.25) is 0 Å². The molecule has 0 aliphatic heterocycles. The molecular weight excluding hydrogens is 350 g/mol. The minimum atomic E-state index is -0.590. The highest BCUT2D eigenvalue weighted by Gasteiger charge is 2.30. The molecule has 0 bridgehead atoms. The summed E-state index contributed by atoms with van der Waals surface area (Å²) >= 11 is 0. The van der Waals surface area contributed by atoms with Crippen molar-refractivity contribution in [3.05, 3.63) is 59.2 Å². The topological polar surface area (TPSA) is 41.9 Å². The lowest BCUT2D eigenvalue weighted by molar-refractivity contribution is 0.0133. The molecule has 0 fully saturated rings. The monoisotopic (exact) mass is 383 g/mol. The van der Waals surface area contributed by atoms with Crippen molar-refractivity contribution in [2.75, 3.05) is 27.8 Å². The van der Waals surface area contributed by atoms with Crippen LogP contribution in [-0.4, -0.2) is 43.4 Å². The average molecular weight is 384 g/mol. The van der Waals surface area contributed by atoms with Gasteiger partial charge in [-0.25, -0.2) is 0 Å². The molecule has 0 aromatic heterocycles. The van der Waals surface area contributed by atoms with Crippen LogP contribution >= 0.6 is 0 Å². The Morgan fingerprint density at radius 1 is 0.964 bits per heavy atom. The van der Waals surface area contributed by atoms with E-state index in [2.05, 4.69) is 48.3 Å². The summed E-state index contributed by atoms with van der Waals surface area (Å²) in [4.78, 5) is 2.33. The lowest BCUT2D eigenvalue weighted by atomic mass is 9.89. The van der Waals surface area contributed by atoms with Crippen LogP contribution in [0.15, 0.2) is 42.5 Å². The zero-order valence-electron chi connectivity index (χ0n) is 17.4. The van der Waals surface area contributed by atoms with Crippen LogP contribution in [0, 0.1) is 0 Å². The smallest absolute Gasteiger partial charge is 0.161 e. The van der Waals surface area contributed by atoms with Gasteiger partial charge in [0.1, 0.15) is 0 Å². The minimum absolute atomic E-state index is 0.590. The van der Waals surface area contributed by atoms with E-state index in [0.29, 0.717) is 0 Å². The molecule has 0 saturated carbocycles. The number of fused-ring (bicyclic) bond motifs is 1. The van der Waals surface area contributed by atoms with E-state index in [9.17, 15) is 5.11 Å². The van der Waals surface area contributed by atoms with Crippen LogP contribution in [-0.2, 0) is 19.4 Å². The fraction of sp³-hybridized carbons (Fsp3) is 0.500. The van der Waals surface area contributed by atoms with Gasteiger partial charge >= 0.3 is 0 Å². The van der Waals surface area contributed by atoms with Gasteiger partial charge in [0.2, 0.25) is 0 Å². The molecule has 0 amide bonds. The minimum Gasteiger partial charge on any atom is -0.493 e. The summed E-state index contributed by atoms with van der Waals surface area (Å²) in [7, 11) is 5.49. The number of benzene rings is 2. The Labute approximate surface area is 169 Å². The maximum absolute atomic E-state index is 11.2. The molecular formula is C24H33NO3. The van der Waals surface area contributed by atoms with Gasteiger partial charge in [0, 0.05) is 6.54 Å². The van der Waals surface area contributed by atoms with Crippen molar-refractivity contribution >= 4 is 0 Å². The zero-order valence-corrected chi connectivity index (χ0v) is 17.4. The largest absolute Gasteiger partial charge is 0.493 e. The number of hydrogen-bond acceptors (Lipinski definition) is 4. The highest BCUT2D eigenvalue weighted by molar-refractivity contribution is 5.48. The van der Waals surface area contributed by atoms with Gasteiger partial charge in [0.05, 0.1) is 19.8 Å². The first-order chi connectivity index (χ1) is 13.5. The fourth-order valence-electron chi connectivity index (χ4n) is 4.19. The first-order valence-corrected chi connectivity index (χ1v) is 10.2. The summed E-state index contributed by atoms with van der Waals surface area (Å²) in [5.74, 6) is 1.54. The van der Waals surface area contributed by atoms with E-state index in [0.717, 1.165) is 63.1 Å². The quantitative estimate of drug-likeness (QED) is 0.693. The molecule has 1 N–H and O–H groups in total. The predicted molar refractivity (Wildman–Crippen MR) is 113 cm³/mol. The van der Waals surface area contributed by atoms with Gasteiger partial charge < -0.3 is 19.5 Å². The summed E-state index contributed by atoms with van der Waals surface area (Å²) in [6.07, 6.45) is 5.21. The van der Waals surface area contributed by atoms with Gasteiger partial charge in [-0.05, 0) is 80.9 Å². The van der Waals surface area contributed by atoms with E-state index >= 15 is 0 Å². The number of nitrogens with zero attached hydrogens (tertiary/aromatic N) is 1. The summed E-state index contributed by atoms with van der Waals surface area (Å²) in [5, 5.41) is 11.2. The number of methoxy groups -OCH3 is 2. The van der Waals surface area contributed by atoms with Crippen molar-refractivity contribution in [2.45, 2.75) is 50.7 Å². The van der Waals surface area contributed by atoms with E-state index in [4.69, 9.17) is 9.47 Å². The highest BCUT2D eigenvalue weighted by Crippen LogP contribution is 2.37. The van der Waals surface area contributed by atoms with E-state index in [1.54, 1.807) is 14.2 Å². The second kappa shape index (κ2) is 9.44. The molecule has 0 heterocycles. The zero-order chi connectivity index (χ0) is 20.0. The van der Waals surface area contributed by atoms with Gasteiger partial charge in [-0.2, -0.15) is 0 Å². The summed E-state index contributed by atoms with van der Waals surface area (Å²) in [6, 6.07) is 14.7. The summed E-state index contributed by atoms with van der Waals surface area (Å²) in [5.41, 5.74) is 3.29. The molecule has 4 nitrogen and oxygen atoms in total. The first kappa shape index (κ1) is 20.7. The predicted octanol–water partition coefficient (Wildman–Crippen LogP) is 4.23. The second-order valence-electron chi connectivity index (χ2n) is 8.03. The normalized spacial score (nSPS) is 15.8. The molecule has 0 spiro atoms. The van der Waals surface area contributed by atoms with Crippen LogP contribution in [0.25, 0.3) is 0 Å². The Morgan fingerprint density at radius 3 is 2.07 bits per heavy atom. The van der Waals surface area contributed by atoms with Crippen LogP contribution in [0.1, 0.15) is 42.4 Å². The molecule has 1 aliphatic rings. The maximum Gasteiger partial charge on any atom is 0.161 e. The summed E-state index contributed by atoms with van der Waals surface area (Å²) in [6.45, 7) is 1.94. The third-order valence-corrected chi connectivity index (χ3v) is 5.90. The number of ether oxygens (including phenoxy) is 2. The van der Waals surface area contributed by atoms with Crippen LogP contribution in [0.2, 0.25) is 0 Å². The molecule has 152 valence electrons. The van der Waals surface area contributed by atoms with E-state index in [1.807, 2.05) is 6.07 Å². The Bertz CT molecular complexity index is 725. The third-order valence-electron chi connectivity index (χ3n) is 5.90. The fourth-order valence-corrected chi connectivity index (χ4v) is 4.19. The molecule has 0 unspecified atom stereocenters. The van der Waals surface area contributed by atoms with Crippen molar-refractivity contribution in [2.24, 2.45) is 0 Å². The Balaban J connectivity index is 1.54. The molecule has 1 aliphatic carbocycles. The van der Waals surface area contributed by atoms with Crippen molar-refractivity contribution in [3.8, 4) is 11.5 Å². The molecule has 4 heteroatoms. The molecule has 0 atom stereocenters. The van der Waals surface area contributed by atoms with Gasteiger partial charge in [-0.1, -0.05) is 30.3 Å². The van der Waals surface area contributed by atoms with Gasteiger partial charge in [-0.15, -0.1) is 0 Å². The molecule has 0 radical (unpaired) electrons. The Hall–Kier alpha value is -2.04. The highest BCUT2D eigenvalue weighted by atomic mass is 16.5. The number of aryl methyl sites for hydroxylation is 2. The van der Waals surface area contributed by atoms with Crippen molar-refractivity contribution < 1.29 is 14.6 Å². The molecule has 0 saturated heterocycles. The Morgan fingerprint density at radius 2 is 1.54 bits per heavy atom. The second-order valence-corrected chi connectivity index (χ2v) is 8.03. The lowest BCUT2D eigenvalue weighted by Crippen LogP contribution is -2.30. The van der Waals surface area contributed by atoms with Crippen LogP contribution in [0.4, 0.5) is 0 Å². The first-order valence-electron chi connectivity index (χ1n) is 10.2. The van der Waals surface area contributed by atoms with Gasteiger partial charge in [0.15, 0.2) is 11.5 Å². The standard InChI is InChI=1S/C24H33NO3/c1-25(18-19-8-5-4-6-9-19)15-7-12-24(26)13-10-20-16-22(27-2)23(28-3)17-21(20)11-14-24/h4-6,8-9,16-17,26H,7,10-15,18H2,1-3H3.